The van der Waals surface area contributed by atoms with Gasteiger partial charge >= 0.3 is 0 Å². The van der Waals surface area contributed by atoms with Crippen LogP contribution in [0.1, 0.15) is 18.9 Å². The summed E-state index contributed by atoms with van der Waals surface area (Å²) < 4.78 is 11.0. The van der Waals surface area contributed by atoms with E-state index >= 15 is 0 Å². The fourth-order valence-corrected chi connectivity index (χ4v) is 2.04. The van der Waals surface area contributed by atoms with Crippen molar-refractivity contribution in [3.63, 3.8) is 0 Å². The van der Waals surface area contributed by atoms with E-state index in [4.69, 9.17) is 9.47 Å². The zero-order chi connectivity index (χ0) is 10.5. The van der Waals surface area contributed by atoms with Gasteiger partial charge in [0, 0.05) is 13.0 Å². The molecule has 0 spiro atoms. The van der Waals surface area contributed by atoms with Crippen LogP contribution in [0.5, 0.6) is 0 Å². The summed E-state index contributed by atoms with van der Waals surface area (Å²) in [6.45, 7) is 3.58. The van der Waals surface area contributed by atoms with Gasteiger partial charge in [0.15, 0.2) is 6.29 Å². The minimum absolute atomic E-state index is 0.0312. The van der Waals surface area contributed by atoms with Crippen LogP contribution in [0.4, 0.5) is 0 Å². The lowest BCUT2D eigenvalue weighted by Gasteiger charge is -2.09. The molecule has 1 aromatic carbocycles. The SMILES string of the molecule is CCOC1CC(Cc2ccccc2)CO1. The minimum atomic E-state index is 0.0312. The molecule has 1 saturated heterocycles. The Labute approximate surface area is 91.2 Å². The highest BCUT2D eigenvalue weighted by Crippen LogP contribution is 2.23. The van der Waals surface area contributed by atoms with Gasteiger partial charge in [0.05, 0.1) is 6.61 Å². The van der Waals surface area contributed by atoms with Crippen LogP contribution in [0.3, 0.4) is 0 Å². The third-order valence-corrected chi connectivity index (χ3v) is 2.76. The highest BCUT2D eigenvalue weighted by Gasteiger charge is 2.25. The zero-order valence-electron chi connectivity index (χ0n) is 9.19. The maximum atomic E-state index is 5.56. The molecule has 1 aliphatic heterocycles. The number of rotatable bonds is 4. The Morgan fingerprint density at radius 1 is 1.33 bits per heavy atom. The van der Waals surface area contributed by atoms with Crippen LogP contribution in [-0.4, -0.2) is 19.5 Å². The zero-order valence-corrected chi connectivity index (χ0v) is 9.19. The highest BCUT2D eigenvalue weighted by molar-refractivity contribution is 5.15. The summed E-state index contributed by atoms with van der Waals surface area (Å²) in [6.07, 6.45) is 2.16. The van der Waals surface area contributed by atoms with E-state index in [0.717, 1.165) is 26.1 Å². The topological polar surface area (TPSA) is 18.5 Å². The minimum Gasteiger partial charge on any atom is -0.353 e. The van der Waals surface area contributed by atoms with Crippen LogP contribution in [0.25, 0.3) is 0 Å². The van der Waals surface area contributed by atoms with Crippen molar-refractivity contribution in [3.8, 4) is 0 Å². The summed E-state index contributed by atoms with van der Waals surface area (Å²) in [6, 6.07) is 10.6. The fraction of sp³-hybridized carbons (Fsp3) is 0.538. The number of hydrogen-bond donors (Lipinski definition) is 0. The van der Waals surface area contributed by atoms with Crippen molar-refractivity contribution >= 4 is 0 Å². The summed E-state index contributed by atoms with van der Waals surface area (Å²) in [4.78, 5) is 0. The second-order valence-electron chi connectivity index (χ2n) is 4.01. The van der Waals surface area contributed by atoms with Gasteiger partial charge in [-0.1, -0.05) is 30.3 Å². The molecule has 0 aromatic heterocycles. The molecule has 82 valence electrons. The lowest BCUT2D eigenvalue weighted by atomic mass is 9.98. The maximum absolute atomic E-state index is 5.56. The summed E-state index contributed by atoms with van der Waals surface area (Å²) in [5.74, 6) is 0.615. The van der Waals surface area contributed by atoms with Gasteiger partial charge in [0.1, 0.15) is 0 Å². The predicted octanol–water partition coefficient (Wildman–Crippen LogP) is 2.63. The van der Waals surface area contributed by atoms with E-state index in [9.17, 15) is 0 Å². The number of ether oxygens (including phenoxy) is 2. The molecule has 0 N–H and O–H groups in total. The molecule has 2 heteroatoms. The third kappa shape index (κ3) is 3.05. The molecule has 0 bridgehead atoms. The average molecular weight is 206 g/mol. The van der Waals surface area contributed by atoms with E-state index in [1.54, 1.807) is 0 Å². The first kappa shape index (κ1) is 10.7. The van der Waals surface area contributed by atoms with Gasteiger partial charge in [-0.3, -0.25) is 0 Å². The van der Waals surface area contributed by atoms with Gasteiger partial charge in [-0.05, 0) is 24.8 Å². The van der Waals surface area contributed by atoms with E-state index in [-0.39, 0.29) is 6.29 Å². The molecule has 2 nitrogen and oxygen atoms in total. The van der Waals surface area contributed by atoms with Gasteiger partial charge < -0.3 is 9.47 Å². The molecule has 0 aliphatic carbocycles. The molecule has 2 atom stereocenters. The van der Waals surface area contributed by atoms with Crippen molar-refractivity contribution in [2.75, 3.05) is 13.2 Å². The van der Waals surface area contributed by atoms with Crippen molar-refractivity contribution in [3.05, 3.63) is 35.9 Å². The summed E-state index contributed by atoms with van der Waals surface area (Å²) in [5.41, 5.74) is 1.39. The average Bonchev–Trinajstić information content (AvgIpc) is 2.68. The molecule has 1 aliphatic rings. The molecule has 1 heterocycles. The highest BCUT2D eigenvalue weighted by atomic mass is 16.7. The van der Waals surface area contributed by atoms with Crippen LogP contribution < -0.4 is 0 Å². The lowest BCUT2D eigenvalue weighted by Crippen LogP contribution is -2.10. The number of hydrogen-bond acceptors (Lipinski definition) is 2. The van der Waals surface area contributed by atoms with Crippen LogP contribution >= 0.6 is 0 Å². The van der Waals surface area contributed by atoms with Crippen LogP contribution in [0.2, 0.25) is 0 Å². The Morgan fingerprint density at radius 2 is 2.13 bits per heavy atom. The quantitative estimate of drug-likeness (QED) is 0.754. The van der Waals surface area contributed by atoms with E-state index in [0.29, 0.717) is 5.92 Å². The second-order valence-corrected chi connectivity index (χ2v) is 4.01. The Hall–Kier alpha value is -0.860. The van der Waals surface area contributed by atoms with Gasteiger partial charge in [0.2, 0.25) is 0 Å². The van der Waals surface area contributed by atoms with E-state index in [2.05, 4.69) is 30.3 Å². The Kier molecular flexibility index (Phi) is 3.75. The Bertz CT molecular complexity index is 284. The second kappa shape index (κ2) is 5.29. The van der Waals surface area contributed by atoms with Crippen molar-refractivity contribution < 1.29 is 9.47 Å². The number of benzene rings is 1. The molecule has 0 saturated carbocycles. The lowest BCUT2D eigenvalue weighted by molar-refractivity contribution is -0.106. The van der Waals surface area contributed by atoms with Gasteiger partial charge in [-0.15, -0.1) is 0 Å². The van der Waals surface area contributed by atoms with E-state index in [1.807, 2.05) is 6.92 Å². The van der Waals surface area contributed by atoms with Crippen molar-refractivity contribution in [2.24, 2.45) is 5.92 Å². The maximum Gasteiger partial charge on any atom is 0.157 e. The molecule has 0 amide bonds. The van der Waals surface area contributed by atoms with Gasteiger partial charge in [-0.2, -0.15) is 0 Å². The summed E-state index contributed by atoms with van der Waals surface area (Å²) in [5, 5.41) is 0. The standard InChI is InChI=1S/C13H18O2/c1-2-14-13-9-12(10-15-13)8-11-6-4-3-5-7-11/h3-7,12-13H,2,8-10H2,1H3. The first-order valence-electron chi connectivity index (χ1n) is 5.65. The normalized spacial score (nSPS) is 25.7. The third-order valence-electron chi connectivity index (χ3n) is 2.76. The van der Waals surface area contributed by atoms with Crippen LogP contribution in [0.15, 0.2) is 30.3 Å². The summed E-state index contributed by atoms with van der Waals surface area (Å²) in [7, 11) is 0. The monoisotopic (exact) mass is 206 g/mol. The van der Waals surface area contributed by atoms with Gasteiger partial charge in [0.25, 0.3) is 0 Å². The Morgan fingerprint density at radius 3 is 2.87 bits per heavy atom. The predicted molar refractivity (Wildman–Crippen MR) is 59.6 cm³/mol. The molecular weight excluding hydrogens is 188 g/mol. The van der Waals surface area contributed by atoms with E-state index in [1.165, 1.54) is 5.56 Å². The smallest absolute Gasteiger partial charge is 0.157 e. The first-order valence-corrected chi connectivity index (χ1v) is 5.65. The first-order chi connectivity index (χ1) is 7.38. The molecule has 1 fully saturated rings. The van der Waals surface area contributed by atoms with Gasteiger partial charge in [-0.25, -0.2) is 0 Å². The van der Waals surface area contributed by atoms with Crippen molar-refractivity contribution in [2.45, 2.75) is 26.1 Å². The van der Waals surface area contributed by atoms with Crippen molar-refractivity contribution in [1.29, 1.82) is 0 Å². The molecular formula is C13H18O2. The van der Waals surface area contributed by atoms with E-state index < -0.39 is 0 Å². The molecule has 2 rings (SSSR count). The largest absolute Gasteiger partial charge is 0.353 e. The Balaban J connectivity index is 1.82. The molecule has 0 radical (unpaired) electrons. The molecule has 15 heavy (non-hydrogen) atoms. The van der Waals surface area contributed by atoms with Crippen LogP contribution in [0, 0.1) is 5.92 Å². The fourth-order valence-electron chi connectivity index (χ4n) is 2.04. The summed E-state index contributed by atoms with van der Waals surface area (Å²) >= 11 is 0. The van der Waals surface area contributed by atoms with Crippen molar-refractivity contribution in [1.82, 2.24) is 0 Å². The molecule has 1 aromatic rings. The molecule has 2 unspecified atom stereocenters. The van der Waals surface area contributed by atoms with Crippen LogP contribution in [-0.2, 0) is 15.9 Å².